The molecule has 206 valence electrons. The summed E-state index contributed by atoms with van der Waals surface area (Å²) in [5.74, 6) is 1.01. The Hall–Kier alpha value is -2.37. The van der Waals surface area contributed by atoms with Crippen molar-refractivity contribution in [3.05, 3.63) is 70.7 Å². The van der Waals surface area contributed by atoms with Crippen LogP contribution in [0.4, 0.5) is 0 Å². The predicted molar refractivity (Wildman–Crippen MR) is 157 cm³/mol. The molecule has 6 heteroatoms. The third-order valence-electron chi connectivity index (χ3n) is 8.70. The Morgan fingerprint density at radius 2 is 1.66 bits per heavy atom. The minimum absolute atomic E-state index is 0.0261. The molecule has 1 fully saturated rings. The summed E-state index contributed by atoms with van der Waals surface area (Å²) in [6.07, 6.45) is 6.98. The Morgan fingerprint density at radius 1 is 1.03 bits per heavy atom. The number of methoxy groups -OCH3 is 1. The number of ether oxygens (including phenoxy) is 1. The largest absolute Gasteiger partial charge is 0.467 e. The van der Waals surface area contributed by atoms with E-state index in [0.29, 0.717) is 30.2 Å². The zero-order chi connectivity index (χ0) is 27.4. The fraction of sp³-hybridized carbons (Fsp3) is 0.562. The van der Waals surface area contributed by atoms with Gasteiger partial charge in [0.15, 0.2) is 5.54 Å². The van der Waals surface area contributed by atoms with E-state index in [2.05, 4.69) is 81.1 Å². The van der Waals surface area contributed by atoms with Crippen LogP contribution in [0.3, 0.4) is 0 Å². The van der Waals surface area contributed by atoms with Crippen molar-refractivity contribution in [2.45, 2.75) is 76.5 Å². The van der Waals surface area contributed by atoms with Gasteiger partial charge in [-0.3, -0.25) is 4.99 Å². The average Bonchev–Trinajstić information content (AvgIpc) is 3.29. The number of nitrogens with zero attached hydrogens (tertiary/aromatic N) is 3. The van der Waals surface area contributed by atoms with Crippen LogP contribution in [0.15, 0.2) is 59.6 Å². The van der Waals surface area contributed by atoms with E-state index in [1.54, 1.807) is 0 Å². The van der Waals surface area contributed by atoms with Gasteiger partial charge in [-0.05, 0) is 94.1 Å². The molecule has 4 atom stereocenters. The Labute approximate surface area is 234 Å². The lowest BCUT2D eigenvalue weighted by atomic mass is 9.68. The van der Waals surface area contributed by atoms with Crippen molar-refractivity contribution < 1.29 is 9.53 Å². The number of aliphatic imine (C=N–C) groups is 1. The average molecular weight is 538 g/mol. The molecule has 1 aliphatic carbocycles. The highest BCUT2D eigenvalue weighted by atomic mass is 35.5. The number of rotatable bonds is 9. The van der Waals surface area contributed by atoms with E-state index < -0.39 is 5.54 Å². The topological polar surface area (TPSA) is 45.1 Å². The molecular formula is C32H44ClN3O2. The molecule has 1 aliphatic heterocycles. The van der Waals surface area contributed by atoms with Gasteiger partial charge >= 0.3 is 5.97 Å². The second-order valence-corrected chi connectivity index (χ2v) is 12.3. The zero-order valence-electron chi connectivity index (χ0n) is 23.8. The van der Waals surface area contributed by atoms with Crippen LogP contribution in [0.5, 0.6) is 0 Å². The van der Waals surface area contributed by atoms with Gasteiger partial charge in [-0.25, -0.2) is 4.79 Å². The lowest BCUT2D eigenvalue weighted by molar-refractivity contribution is -0.150. The summed E-state index contributed by atoms with van der Waals surface area (Å²) >= 11 is 6.19. The Balaban J connectivity index is 1.62. The van der Waals surface area contributed by atoms with E-state index in [-0.39, 0.29) is 18.1 Å². The van der Waals surface area contributed by atoms with Crippen molar-refractivity contribution in [3.8, 4) is 0 Å². The predicted octanol–water partition coefficient (Wildman–Crippen LogP) is 7.18. The van der Waals surface area contributed by atoms with Crippen molar-refractivity contribution in [2.75, 3.05) is 21.2 Å². The first-order valence-electron chi connectivity index (χ1n) is 14.1. The lowest BCUT2D eigenvalue weighted by Gasteiger charge is -2.46. The molecule has 5 nitrogen and oxygen atoms in total. The quantitative estimate of drug-likeness (QED) is 0.318. The molecule has 2 aromatic carbocycles. The Kier molecular flexibility index (Phi) is 9.20. The Morgan fingerprint density at radius 3 is 2.21 bits per heavy atom. The van der Waals surface area contributed by atoms with Crippen LogP contribution in [-0.4, -0.2) is 54.9 Å². The summed E-state index contributed by atoms with van der Waals surface area (Å²) in [5, 5.41) is 0.771. The summed E-state index contributed by atoms with van der Waals surface area (Å²) in [4.78, 5) is 23.2. The SMILES string of the molecule is COC(=O)C1(CC(C)C)N=CN(C(C)c2ccccc2)C1C1CCC(C(c2ccc(Cl)cc2)N(C)C)CC1. The van der Waals surface area contributed by atoms with Crippen LogP contribution in [0.1, 0.15) is 76.1 Å². The molecule has 2 aliphatic rings. The molecule has 38 heavy (non-hydrogen) atoms. The summed E-state index contributed by atoms with van der Waals surface area (Å²) in [7, 11) is 5.85. The lowest BCUT2D eigenvalue weighted by Crippen LogP contribution is -2.57. The standard InChI is InChI=1S/C32H44ClN3O2/c1-22(2)20-32(31(37)38-6)30(36(21-34-32)23(3)24-10-8-7-9-11-24)27-14-12-25(13-15-27)29(35(4)5)26-16-18-28(33)19-17-26/h7-11,16-19,21-23,25,27,29-30H,12-15,20H2,1-6H3. The maximum Gasteiger partial charge on any atom is 0.335 e. The van der Waals surface area contributed by atoms with E-state index in [4.69, 9.17) is 21.3 Å². The molecule has 0 saturated heterocycles. The number of halogens is 1. The van der Waals surface area contributed by atoms with Crippen molar-refractivity contribution in [1.82, 2.24) is 9.80 Å². The number of carbonyl (C=O) groups is 1. The van der Waals surface area contributed by atoms with Gasteiger partial charge in [0.25, 0.3) is 0 Å². The monoisotopic (exact) mass is 537 g/mol. The minimum Gasteiger partial charge on any atom is -0.467 e. The van der Waals surface area contributed by atoms with E-state index in [1.165, 1.54) is 18.2 Å². The number of hydrogen-bond donors (Lipinski definition) is 0. The molecule has 1 saturated carbocycles. The molecule has 0 N–H and O–H groups in total. The van der Waals surface area contributed by atoms with Gasteiger partial charge in [-0.15, -0.1) is 0 Å². The zero-order valence-corrected chi connectivity index (χ0v) is 24.6. The van der Waals surface area contributed by atoms with Gasteiger partial charge in [-0.1, -0.05) is 67.9 Å². The van der Waals surface area contributed by atoms with E-state index >= 15 is 0 Å². The van der Waals surface area contributed by atoms with Crippen LogP contribution < -0.4 is 0 Å². The molecule has 0 radical (unpaired) electrons. The first-order chi connectivity index (χ1) is 18.2. The van der Waals surface area contributed by atoms with Crippen molar-refractivity contribution >= 4 is 23.9 Å². The number of benzene rings is 2. The molecule has 2 aromatic rings. The number of esters is 1. The summed E-state index contributed by atoms with van der Waals surface area (Å²) in [6, 6.07) is 19.3. The van der Waals surface area contributed by atoms with Gasteiger partial charge in [0.2, 0.25) is 0 Å². The van der Waals surface area contributed by atoms with Crippen molar-refractivity contribution in [1.29, 1.82) is 0 Å². The van der Waals surface area contributed by atoms with Crippen LogP contribution in [0.2, 0.25) is 5.02 Å². The van der Waals surface area contributed by atoms with E-state index in [1.807, 2.05) is 24.5 Å². The highest BCUT2D eigenvalue weighted by molar-refractivity contribution is 6.30. The Bertz CT molecular complexity index is 1080. The van der Waals surface area contributed by atoms with Gasteiger partial charge < -0.3 is 14.5 Å². The van der Waals surface area contributed by atoms with Crippen LogP contribution >= 0.6 is 11.6 Å². The maximum absolute atomic E-state index is 13.5. The third-order valence-corrected chi connectivity index (χ3v) is 8.95. The maximum atomic E-state index is 13.5. The third kappa shape index (κ3) is 5.79. The second-order valence-electron chi connectivity index (χ2n) is 11.9. The van der Waals surface area contributed by atoms with Gasteiger partial charge in [0.1, 0.15) is 0 Å². The molecule has 0 aromatic heterocycles. The molecule has 4 unspecified atom stereocenters. The first kappa shape index (κ1) is 28.6. The highest BCUT2D eigenvalue weighted by Gasteiger charge is 2.56. The normalized spacial score (nSPS) is 27.1. The van der Waals surface area contributed by atoms with E-state index in [9.17, 15) is 4.79 Å². The molecule has 0 amide bonds. The van der Waals surface area contributed by atoms with Gasteiger partial charge in [0.05, 0.1) is 25.5 Å². The number of hydrogen-bond acceptors (Lipinski definition) is 5. The smallest absolute Gasteiger partial charge is 0.335 e. The summed E-state index contributed by atoms with van der Waals surface area (Å²) < 4.78 is 5.45. The van der Waals surface area contributed by atoms with Crippen LogP contribution in [0, 0.1) is 17.8 Å². The van der Waals surface area contributed by atoms with E-state index in [0.717, 1.165) is 30.7 Å². The molecule has 1 heterocycles. The fourth-order valence-electron chi connectivity index (χ4n) is 7.10. The first-order valence-corrected chi connectivity index (χ1v) is 14.4. The second kappa shape index (κ2) is 12.2. The molecule has 0 bridgehead atoms. The fourth-order valence-corrected chi connectivity index (χ4v) is 7.23. The highest BCUT2D eigenvalue weighted by Crippen LogP contribution is 2.48. The minimum atomic E-state index is -0.874. The van der Waals surface area contributed by atoms with Crippen molar-refractivity contribution in [2.24, 2.45) is 22.7 Å². The van der Waals surface area contributed by atoms with Gasteiger partial charge in [-0.2, -0.15) is 0 Å². The molecule has 0 spiro atoms. The molecule has 4 rings (SSSR count). The summed E-state index contributed by atoms with van der Waals surface area (Å²) in [5.41, 5.74) is 1.67. The van der Waals surface area contributed by atoms with Gasteiger partial charge in [0, 0.05) is 11.1 Å². The van der Waals surface area contributed by atoms with Crippen LogP contribution in [-0.2, 0) is 9.53 Å². The summed E-state index contributed by atoms with van der Waals surface area (Å²) in [6.45, 7) is 6.57. The molecular weight excluding hydrogens is 494 g/mol. The number of carbonyl (C=O) groups excluding carboxylic acids is 1. The van der Waals surface area contributed by atoms with Crippen molar-refractivity contribution in [3.63, 3.8) is 0 Å². The van der Waals surface area contributed by atoms with Crippen LogP contribution in [0.25, 0.3) is 0 Å².